The smallest absolute Gasteiger partial charge is 0.255 e. The molecule has 1 N–H and O–H groups in total. The van der Waals surface area contributed by atoms with Crippen LogP contribution in [0.2, 0.25) is 0 Å². The fourth-order valence-electron chi connectivity index (χ4n) is 5.98. The molecule has 6 nitrogen and oxygen atoms in total. The van der Waals surface area contributed by atoms with Gasteiger partial charge in [0.15, 0.2) is 0 Å². The Morgan fingerprint density at radius 3 is 2.47 bits per heavy atom. The first-order valence-electron chi connectivity index (χ1n) is 13.2. The SMILES string of the molecule is CSC1=CC(C)=NC(=O)C1CNC(=O)c1c(C)n([C@H](C)C2CCC(OC3CC3)CC2)c2ccccc12. The summed E-state index contributed by atoms with van der Waals surface area (Å²) in [5.41, 5.74) is 3.51. The van der Waals surface area contributed by atoms with Gasteiger partial charge in [-0.1, -0.05) is 18.2 Å². The summed E-state index contributed by atoms with van der Waals surface area (Å²) in [7, 11) is 0. The number of carbonyl (C=O) groups excluding carboxylic acids is 2. The van der Waals surface area contributed by atoms with E-state index in [2.05, 4.69) is 34.8 Å². The van der Waals surface area contributed by atoms with Crippen molar-refractivity contribution in [2.45, 2.75) is 77.5 Å². The summed E-state index contributed by atoms with van der Waals surface area (Å²) in [6.45, 7) is 6.43. The maximum absolute atomic E-state index is 13.5. The van der Waals surface area contributed by atoms with Crippen LogP contribution in [0.4, 0.5) is 0 Å². The van der Waals surface area contributed by atoms with E-state index >= 15 is 0 Å². The van der Waals surface area contributed by atoms with Gasteiger partial charge < -0.3 is 14.6 Å². The Morgan fingerprint density at radius 1 is 1.14 bits per heavy atom. The molecule has 2 fully saturated rings. The van der Waals surface area contributed by atoms with Crippen LogP contribution in [0.3, 0.4) is 0 Å². The lowest BCUT2D eigenvalue weighted by Gasteiger charge is -2.34. The van der Waals surface area contributed by atoms with Crippen LogP contribution in [-0.4, -0.2) is 47.1 Å². The van der Waals surface area contributed by atoms with E-state index in [1.165, 1.54) is 12.8 Å². The predicted molar refractivity (Wildman–Crippen MR) is 147 cm³/mol. The number of benzene rings is 1. The topological polar surface area (TPSA) is 72.7 Å². The van der Waals surface area contributed by atoms with Gasteiger partial charge in [-0.15, -0.1) is 11.8 Å². The van der Waals surface area contributed by atoms with Crippen molar-refractivity contribution in [2.75, 3.05) is 12.8 Å². The molecule has 0 radical (unpaired) electrons. The van der Waals surface area contributed by atoms with Crippen LogP contribution in [0, 0.1) is 18.8 Å². The Morgan fingerprint density at radius 2 is 1.81 bits per heavy atom. The fourth-order valence-corrected chi connectivity index (χ4v) is 6.74. The van der Waals surface area contributed by atoms with E-state index in [1.54, 1.807) is 11.8 Å². The van der Waals surface area contributed by atoms with Crippen LogP contribution in [0.5, 0.6) is 0 Å². The first-order chi connectivity index (χ1) is 17.4. The summed E-state index contributed by atoms with van der Waals surface area (Å²) >= 11 is 1.54. The highest BCUT2D eigenvalue weighted by Gasteiger charge is 2.33. The summed E-state index contributed by atoms with van der Waals surface area (Å²) in [5.74, 6) is -0.178. The molecule has 0 bridgehead atoms. The maximum atomic E-state index is 13.5. The number of fused-ring (bicyclic) bond motifs is 1. The maximum Gasteiger partial charge on any atom is 0.255 e. The molecule has 7 heteroatoms. The van der Waals surface area contributed by atoms with Gasteiger partial charge in [0.2, 0.25) is 0 Å². The lowest BCUT2D eigenvalue weighted by Crippen LogP contribution is -2.35. The number of carbonyl (C=O) groups is 2. The van der Waals surface area contributed by atoms with Gasteiger partial charge in [-0.05, 0) is 83.6 Å². The van der Waals surface area contributed by atoms with E-state index in [4.69, 9.17) is 4.74 Å². The Balaban J connectivity index is 1.34. The Kier molecular flexibility index (Phi) is 7.40. The first kappa shape index (κ1) is 25.3. The highest BCUT2D eigenvalue weighted by atomic mass is 32.2. The molecule has 2 atom stereocenters. The third-order valence-corrected chi connectivity index (χ3v) is 8.96. The van der Waals surface area contributed by atoms with Crippen molar-refractivity contribution < 1.29 is 14.3 Å². The molecule has 0 spiro atoms. The number of hydrogen-bond donors (Lipinski definition) is 1. The van der Waals surface area contributed by atoms with Crippen molar-refractivity contribution in [1.29, 1.82) is 0 Å². The number of aliphatic imine (C=N–C) groups is 1. The summed E-state index contributed by atoms with van der Waals surface area (Å²) in [5, 5.41) is 4.03. The van der Waals surface area contributed by atoms with E-state index in [1.807, 2.05) is 37.5 Å². The summed E-state index contributed by atoms with van der Waals surface area (Å²) in [6, 6.07) is 8.48. The molecule has 0 saturated heterocycles. The highest BCUT2D eigenvalue weighted by Crippen LogP contribution is 2.40. The van der Waals surface area contributed by atoms with Crippen molar-refractivity contribution in [1.82, 2.24) is 9.88 Å². The van der Waals surface area contributed by atoms with Crippen LogP contribution in [0.1, 0.15) is 74.5 Å². The van der Waals surface area contributed by atoms with Crippen molar-refractivity contribution in [3.05, 3.63) is 46.5 Å². The van der Waals surface area contributed by atoms with E-state index < -0.39 is 5.92 Å². The van der Waals surface area contributed by atoms with E-state index in [0.717, 1.165) is 47.2 Å². The fraction of sp³-hybridized carbons (Fsp3) is 0.552. The van der Waals surface area contributed by atoms with E-state index in [9.17, 15) is 9.59 Å². The van der Waals surface area contributed by atoms with Crippen LogP contribution < -0.4 is 5.32 Å². The zero-order valence-corrected chi connectivity index (χ0v) is 22.6. The van der Waals surface area contributed by atoms with Gasteiger partial charge in [0.1, 0.15) is 0 Å². The third-order valence-electron chi connectivity index (χ3n) is 8.08. The number of dihydropyridines is 1. The minimum atomic E-state index is -0.423. The monoisotopic (exact) mass is 507 g/mol. The lowest BCUT2D eigenvalue weighted by atomic mass is 9.83. The van der Waals surface area contributed by atoms with Crippen LogP contribution in [0.25, 0.3) is 10.9 Å². The molecule has 1 unspecified atom stereocenters. The number of nitrogens with one attached hydrogen (secondary N) is 1. The zero-order valence-electron chi connectivity index (χ0n) is 21.8. The molecule has 1 aliphatic heterocycles. The van der Waals surface area contributed by atoms with Gasteiger partial charge >= 0.3 is 0 Å². The first-order valence-corrected chi connectivity index (χ1v) is 14.5. The Bertz CT molecular complexity index is 1220. The summed E-state index contributed by atoms with van der Waals surface area (Å²) in [4.78, 5) is 31.1. The number of para-hydroxylation sites is 1. The van der Waals surface area contributed by atoms with Gasteiger partial charge in [-0.3, -0.25) is 9.59 Å². The molecule has 192 valence electrons. The number of aromatic nitrogens is 1. The Hall–Kier alpha value is -2.38. The van der Waals surface area contributed by atoms with Gasteiger partial charge in [0.05, 0.1) is 23.7 Å². The minimum Gasteiger partial charge on any atom is -0.375 e. The second-order valence-corrected chi connectivity index (χ2v) is 11.4. The van der Waals surface area contributed by atoms with E-state index in [0.29, 0.717) is 35.4 Å². The molecule has 2 amide bonds. The van der Waals surface area contributed by atoms with Gasteiger partial charge in [0.25, 0.3) is 11.8 Å². The molecule has 1 aromatic carbocycles. The number of nitrogens with zero attached hydrogens (tertiary/aromatic N) is 2. The molecular weight excluding hydrogens is 470 g/mol. The Labute approximate surface area is 217 Å². The molecule has 1 aromatic heterocycles. The molecule has 2 aromatic rings. The number of hydrogen-bond acceptors (Lipinski definition) is 4. The molecule has 2 heterocycles. The van der Waals surface area contributed by atoms with Crippen LogP contribution >= 0.6 is 11.8 Å². The van der Waals surface area contributed by atoms with Crippen LogP contribution in [0.15, 0.2) is 40.2 Å². The quantitative estimate of drug-likeness (QED) is 0.487. The average molecular weight is 508 g/mol. The van der Waals surface area contributed by atoms with Crippen molar-refractivity contribution in [2.24, 2.45) is 16.8 Å². The molecule has 5 rings (SSSR count). The van der Waals surface area contributed by atoms with Gasteiger partial charge in [-0.2, -0.15) is 0 Å². The molecule has 3 aliphatic rings. The van der Waals surface area contributed by atoms with Crippen molar-refractivity contribution >= 4 is 40.2 Å². The number of ether oxygens (including phenoxy) is 1. The molecule has 2 aliphatic carbocycles. The molecular formula is C29H37N3O3S. The second kappa shape index (κ2) is 10.5. The largest absolute Gasteiger partial charge is 0.375 e. The number of allylic oxidation sites excluding steroid dienone is 1. The van der Waals surface area contributed by atoms with Gasteiger partial charge in [-0.25, -0.2) is 4.99 Å². The predicted octanol–water partition coefficient (Wildman–Crippen LogP) is 5.84. The normalized spacial score (nSPS) is 25.4. The summed E-state index contributed by atoms with van der Waals surface area (Å²) < 4.78 is 8.54. The third kappa shape index (κ3) is 5.05. The second-order valence-electron chi connectivity index (χ2n) is 10.6. The van der Waals surface area contributed by atoms with Crippen LogP contribution in [-0.2, 0) is 9.53 Å². The van der Waals surface area contributed by atoms with Crippen molar-refractivity contribution in [3.63, 3.8) is 0 Å². The highest BCUT2D eigenvalue weighted by molar-refractivity contribution is 8.02. The van der Waals surface area contributed by atoms with Crippen molar-refractivity contribution in [3.8, 4) is 0 Å². The summed E-state index contributed by atoms with van der Waals surface area (Å²) in [6.07, 6.45) is 11.8. The number of rotatable bonds is 8. The molecule has 36 heavy (non-hydrogen) atoms. The lowest BCUT2D eigenvalue weighted by molar-refractivity contribution is -0.120. The average Bonchev–Trinajstić information content (AvgIpc) is 3.63. The molecule has 2 saturated carbocycles. The van der Waals surface area contributed by atoms with Gasteiger partial charge in [0, 0.05) is 39.8 Å². The minimum absolute atomic E-state index is 0.129. The number of thioether (sulfide) groups is 1. The van der Waals surface area contributed by atoms with E-state index in [-0.39, 0.29) is 18.4 Å². The standard InChI is InChI=1S/C29H37N3O3S/c1-17-15-26(36-4)24(28(33)31-17)16-30-29(34)27-19(3)32(25-8-6-5-7-23(25)27)18(2)20-9-11-21(12-10-20)35-22-13-14-22/h5-8,15,18,20-22,24H,9-14,16H2,1-4H3,(H,30,34)/t18-,20?,21?,24?/m1/s1. The zero-order chi connectivity index (χ0) is 25.4. The number of amides is 2.